The number of aliphatic hydroxyl groups is 17. The van der Waals surface area contributed by atoms with Crippen molar-refractivity contribution in [3.63, 3.8) is 0 Å². The lowest BCUT2D eigenvalue weighted by molar-refractivity contribution is -0.401. The summed E-state index contributed by atoms with van der Waals surface area (Å²) in [5, 5.41) is 181. The maximum Gasteiger partial charge on any atom is 0.297 e. The van der Waals surface area contributed by atoms with Gasteiger partial charge in [0.1, 0.15) is 128 Å². The molecule has 30 unspecified atom stereocenters. The molecule has 22 saturated heterocycles. The average Bonchev–Trinajstić information content (AvgIpc) is 3.43. The first-order chi connectivity index (χ1) is 37.0. The summed E-state index contributed by atoms with van der Waals surface area (Å²) < 4.78 is 103. The van der Waals surface area contributed by atoms with Crippen LogP contribution in [0.4, 0.5) is 0 Å². The molecule has 12 bridgehead atoms. The predicted molar refractivity (Wildman–Crippen MR) is 246 cm³/mol. The first-order valence-electron chi connectivity index (χ1n) is 24.7. The summed E-state index contributed by atoms with van der Waals surface area (Å²) in [7, 11) is -2.87. The van der Waals surface area contributed by atoms with Crippen molar-refractivity contribution in [2.75, 3.05) is 40.6 Å². The highest BCUT2D eigenvalue weighted by Crippen LogP contribution is 2.39. The quantitative estimate of drug-likeness (QED) is 0.113. The van der Waals surface area contributed by atoms with Crippen LogP contribution in [0.15, 0.2) is 29.2 Å². The second-order valence-corrected chi connectivity index (χ2v) is 20.7. The van der Waals surface area contributed by atoms with Crippen LogP contribution in [0.5, 0.6) is 0 Å². The Balaban J connectivity index is 0.00000240. The van der Waals surface area contributed by atoms with Gasteiger partial charge < -0.3 is 144 Å². The van der Waals surface area contributed by atoms with Crippen LogP contribution in [-0.2, 0) is 71.1 Å². The molecule has 1 aromatic rings. The summed E-state index contributed by atoms with van der Waals surface area (Å²) in [6, 6.07) is 5.29. The van der Waals surface area contributed by atoms with Gasteiger partial charge in [0.2, 0.25) is 0 Å². The van der Waals surface area contributed by atoms with Crippen LogP contribution in [0, 0.1) is 6.92 Å². The number of ether oxygens (including phenoxy) is 12. The molecule has 1 aromatic carbocycles. The second-order valence-electron chi connectivity index (χ2n) is 19.1. The molecule has 0 amide bonds. The van der Waals surface area contributed by atoms with Gasteiger partial charge in [-0.3, -0.25) is 4.18 Å². The van der Waals surface area contributed by atoms with Crippen molar-refractivity contribution >= 4 is 10.1 Å². The van der Waals surface area contributed by atoms with Gasteiger partial charge in [-0.15, -0.1) is 0 Å². The molecule has 78 heavy (non-hydrogen) atoms. The fourth-order valence-electron chi connectivity index (χ4n) is 9.87. The third-order valence-electron chi connectivity index (χ3n) is 14.1. The van der Waals surface area contributed by atoms with Crippen LogP contribution in [0.1, 0.15) is 19.4 Å². The molecule has 452 valence electrons. The van der Waals surface area contributed by atoms with E-state index < -0.39 is 226 Å². The number of aryl methyl sites for hydroxylation is 1. The Morgan fingerprint density at radius 3 is 0.949 bits per heavy atom. The minimum absolute atomic E-state index is 0.407. The Morgan fingerprint density at radius 1 is 0.372 bits per heavy atom. The maximum atomic E-state index is 13.8. The van der Waals surface area contributed by atoms with Gasteiger partial charge in [-0.05, 0) is 32.9 Å². The number of rotatable bonds is 7. The molecule has 0 radical (unpaired) electrons. The summed E-state index contributed by atoms with van der Waals surface area (Å²) in [6.07, 6.45) is -57.4. The molecule has 33 heteroatoms. The highest BCUT2D eigenvalue weighted by atomic mass is 32.2. The average molecular weight is 1160 g/mol. The number of hydrogen-bond acceptors (Lipinski definition) is 32. The normalized spacial score (nSPS) is 48.4. The van der Waals surface area contributed by atoms with E-state index in [1.807, 2.05) is 0 Å². The lowest BCUT2D eigenvalue weighted by atomic mass is 9.95. The molecule has 22 aliphatic rings. The van der Waals surface area contributed by atoms with Gasteiger partial charge in [0, 0.05) is 14.2 Å². The van der Waals surface area contributed by atoms with E-state index in [0.717, 1.165) is 14.2 Å². The van der Waals surface area contributed by atoms with E-state index in [-0.39, 0.29) is 0 Å². The highest BCUT2D eigenvalue weighted by Gasteiger charge is 2.59. The number of aliphatic hydroxyl groups excluding tert-OH is 17. The lowest BCUT2D eigenvalue weighted by Crippen LogP contribution is -2.68. The molecule has 32 nitrogen and oxygen atoms in total. The summed E-state index contributed by atoms with van der Waals surface area (Å²) in [6.45, 7) is 0.302. The van der Waals surface area contributed by atoms with Gasteiger partial charge >= 0.3 is 0 Å². The molecule has 0 aliphatic carbocycles. The van der Waals surface area contributed by atoms with Crippen LogP contribution in [0.2, 0.25) is 0 Å². The largest absolute Gasteiger partial charge is 0.400 e. The molecule has 30 atom stereocenters. The first-order valence-corrected chi connectivity index (χ1v) is 26.1. The van der Waals surface area contributed by atoms with Crippen molar-refractivity contribution in [3.05, 3.63) is 29.8 Å². The third-order valence-corrected chi connectivity index (χ3v) is 15.4. The summed E-state index contributed by atoms with van der Waals surface area (Å²) in [5.41, 5.74) is 0.665. The Labute approximate surface area is 445 Å². The van der Waals surface area contributed by atoms with Crippen molar-refractivity contribution in [2.45, 2.75) is 210 Å². The van der Waals surface area contributed by atoms with Crippen molar-refractivity contribution in [1.82, 2.24) is 0 Å². The fraction of sp³-hybridized carbons (Fsp3) is 0.867. The second kappa shape index (κ2) is 28.0. The highest BCUT2D eigenvalue weighted by molar-refractivity contribution is 7.86. The lowest BCUT2D eigenvalue weighted by Gasteiger charge is -2.50. The number of benzene rings is 1. The van der Waals surface area contributed by atoms with Gasteiger partial charge in [-0.1, -0.05) is 17.7 Å². The van der Waals surface area contributed by atoms with Crippen LogP contribution in [-0.4, -0.2) is 320 Å². The van der Waals surface area contributed by atoms with E-state index >= 15 is 0 Å². The van der Waals surface area contributed by atoms with Gasteiger partial charge in [0.25, 0.3) is 10.1 Å². The van der Waals surface area contributed by atoms with E-state index in [1.165, 1.54) is 38.1 Å². The van der Waals surface area contributed by atoms with Crippen LogP contribution in [0.25, 0.3) is 0 Å². The Bertz CT molecular complexity index is 2080. The Hall–Kier alpha value is -2.03. The van der Waals surface area contributed by atoms with Gasteiger partial charge in [-0.25, -0.2) is 0 Å². The zero-order valence-electron chi connectivity index (χ0n) is 42.6. The predicted octanol–water partition coefficient (Wildman–Crippen LogP) is -10.1. The van der Waals surface area contributed by atoms with E-state index in [0.29, 0.717) is 5.56 Å². The van der Waals surface area contributed by atoms with E-state index in [2.05, 4.69) is 0 Å². The SMILES string of the molecule is CO.CO.Cc1ccc(S(=O)(=O)OC2C3OC(CO)C(OC4OC(C)C(OC5OC(CO)C(OC6OC(CO)C(OC7OC(CO)C(OC8OC(C)C(O3)C(O)C8O)C(O)C7O)C(O)C6O)C(O)C5O)C(O)C4O)C2O)cc1. The monoisotopic (exact) mass is 1160 g/mol. The molecule has 22 fully saturated rings. The van der Waals surface area contributed by atoms with Crippen LogP contribution < -0.4 is 0 Å². The van der Waals surface area contributed by atoms with Crippen molar-refractivity contribution in [1.29, 1.82) is 0 Å². The zero-order valence-corrected chi connectivity index (χ0v) is 43.4. The van der Waals surface area contributed by atoms with E-state index in [9.17, 15) is 85.0 Å². The van der Waals surface area contributed by atoms with Crippen molar-refractivity contribution in [3.8, 4) is 0 Å². The topological polar surface area (TPSA) is 498 Å². The van der Waals surface area contributed by atoms with Crippen molar-refractivity contribution in [2.24, 2.45) is 0 Å². The molecule has 23 rings (SSSR count). The molecule has 22 heterocycles. The maximum absolute atomic E-state index is 13.8. The minimum atomic E-state index is -4.87. The van der Waals surface area contributed by atoms with Crippen LogP contribution >= 0.6 is 0 Å². The summed E-state index contributed by atoms with van der Waals surface area (Å²) in [4.78, 5) is -0.407. The third kappa shape index (κ3) is 13.5. The van der Waals surface area contributed by atoms with E-state index in [4.69, 9.17) is 71.2 Å². The van der Waals surface area contributed by atoms with Gasteiger partial charge in [-0.2, -0.15) is 8.42 Å². The zero-order chi connectivity index (χ0) is 57.8. The first kappa shape index (κ1) is 65.1. The Morgan fingerprint density at radius 2 is 0.628 bits per heavy atom. The molecule has 0 spiro atoms. The fourth-order valence-corrected chi connectivity index (χ4v) is 10.9. The number of hydrogen-bond donors (Lipinski definition) is 17. The van der Waals surface area contributed by atoms with E-state index in [1.54, 1.807) is 6.92 Å². The van der Waals surface area contributed by atoms with Gasteiger partial charge in [0.05, 0.1) is 43.5 Å². The standard InChI is InChI=1S/C43H66O30S.2CH4O/c1-12-4-6-15(7-5-12)74(59,60)73-37-30(58)36-19(11-47)66-43(37)68-32-14(3)62-38(26(54)21(32)49)69-33-16(8-44)64-41(28(56)23(33)51)71-35-18(10-46)65-42(29(57)24(35)52)70-34-17(9-45)63-40(27(55)22(34)50)67-31-13(2)61-39(72-36)25(53)20(31)48;2*1-2/h4-7,13-14,16-58H,8-11H2,1-3H3;2*2H,1H3. The van der Waals surface area contributed by atoms with Crippen molar-refractivity contribution < 1.29 is 156 Å². The Kier molecular flexibility index (Phi) is 23.4. The molecule has 17 N–H and O–H groups in total. The molecule has 0 saturated carbocycles. The summed E-state index contributed by atoms with van der Waals surface area (Å²) >= 11 is 0. The smallest absolute Gasteiger partial charge is 0.297 e. The minimum Gasteiger partial charge on any atom is -0.400 e. The molecule has 0 aromatic heterocycles. The molecular weight excluding hydrogens is 1080 g/mol. The summed E-state index contributed by atoms with van der Waals surface area (Å²) in [5.74, 6) is 0. The molecular formula is C45H74O32S. The molecule has 22 aliphatic heterocycles. The van der Waals surface area contributed by atoms with Crippen LogP contribution in [0.3, 0.4) is 0 Å². The van der Waals surface area contributed by atoms with Gasteiger partial charge in [0.15, 0.2) is 43.8 Å².